The van der Waals surface area contributed by atoms with Crippen molar-refractivity contribution < 1.29 is 9.53 Å². The molecule has 0 unspecified atom stereocenters. The highest BCUT2D eigenvalue weighted by Crippen LogP contribution is 2.15. The van der Waals surface area contributed by atoms with E-state index < -0.39 is 0 Å². The zero-order valence-electron chi connectivity index (χ0n) is 11.9. The molecule has 2 rings (SSSR count). The number of hydrogen-bond donors (Lipinski definition) is 1. The SMILES string of the molecule is COc1ccc(C(C)=NNC(=O)c2c(Br)cnn2C)cc1. The molecule has 0 aliphatic rings. The molecule has 110 valence electrons. The molecule has 0 saturated carbocycles. The number of amides is 1. The first-order chi connectivity index (χ1) is 10.0. The van der Waals surface area contributed by atoms with Gasteiger partial charge in [0.15, 0.2) is 0 Å². The maximum absolute atomic E-state index is 12.1. The van der Waals surface area contributed by atoms with Crippen LogP contribution in [0.4, 0.5) is 0 Å². The van der Waals surface area contributed by atoms with E-state index in [1.54, 1.807) is 20.4 Å². The highest BCUT2D eigenvalue weighted by atomic mass is 79.9. The van der Waals surface area contributed by atoms with E-state index in [9.17, 15) is 4.79 Å². The lowest BCUT2D eigenvalue weighted by molar-refractivity contribution is 0.0944. The number of aryl methyl sites for hydroxylation is 1. The number of aromatic nitrogens is 2. The fourth-order valence-electron chi connectivity index (χ4n) is 1.75. The van der Waals surface area contributed by atoms with Crippen LogP contribution >= 0.6 is 15.9 Å². The Morgan fingerprint density at radius 1 is 1.38 bits per heavy atom. The number of carbonyl (C=O) groups is 1. The average molecular weight is 351 g/mol. The smallest absolute Gasteiger partial charge is 0.290 e. The molecule has 1 heterocycles. The normalized spacial score (nSPS) is 11.3. The van der Waals surface area contributed by atoms with Crippen LogP contribution in [-0.4, -0.2) is 28.5 Å². The Balaban J connectivity index is 2.11. The molecule has 0 saturated heterocycles. The number of benzene rings is 1. The summed E-state index contributed by atoms with van der Waals surface area (Å²) in [5, 5.41) is 8.09. The zero-order valence-corrected chi connectivity index (χ0v) is 13.5. The first-order valence-corrected chi connectivity index (χ1v) is 6.98. The molecule has 6 nitrogen and oxygen atoms in total. The number of methoxy groups -OCH3 is 1. The highest BCUT2D eigenvalue weighted by molar-refractivity contribution is 9.10. The second-order valence-electron chi connectivity index (χ2n) is 4.33. The number of halogens is 1. The molecule has 0 bridgehead atoms. The van der Waals surface area contributed by atoms with Crippen LogP contribution in [0.2, 0.25) is 0 Å². The van der Waals surface area contributed by atoms with E-state index in [1.807, 2.05) is 31.2 Å². The lowest BCUT2D eigenvalue weighted by atomic mass is 10.1. The van der Waals surface area contributed by atoms with Gasteiger partial charge in [-0.2, -0.15) is 10.2 Å². The molecule has 7 heteroatoms. The monoisotopic (exact) mass is 350 g/mol. The average Bonchev–Trinajstić information content (AvgIpc) is 2.83. The first-order valence-electron chi connectivity index (χ1n) is 6.19. The summed E-state index contributed by atoms with van der Waals surface area (Å²) in [5.41, 5.74) is 4.54. The third-order valence-corrected chi connectivity index (χ3v) is 3.52. The molecule has 0 atom stereocenters. The van der Waals surface area contributed by atoms with Crippen LogP contribution in [0.3, 0.4) is 0 Å². The van der Waals surface area contributed by atoms with Gasteiger partial charge in [-0.25, -0.2) is 5.43 Å². The Morgan fingerprint density at radius 2 is 2.05 bits per heavy atom. The molecule has 0 radical (unpaired) electrons. The number of ether oxygens (including phenoxy) is 1. The second kappa shape index (κ2) is 6.53. The van der Waals surface area contributed by atoms with Crippen LogP contribution in [-0.2, 0) is 7.05 Å². The molecule has 1 aromatic carbocycles. The molecular weight excluding hydrogens is 336 g/mol. The largest absolute Gasteiger partial charge is 0.497 e. The van der Waals surface area contributed by atoms with Gasteiger partial charge in [-0.1, -0.05) is 0 Å². The van der Waals surface area contributed by atoms with Crippen LogP contribution in [0.5, 0.6) is 5.75 Å². The van der Waals surface area contributed by atoms with E-state index in [2.05, 4.69) is 31.6 Å². The van der Waals surface area contributed by atoms with Crippen molar-refractivity contribution in [3.05, 3.63) is 46.2 Å². The van der Waals surface area contributed by atoms with Crippen molar-refractivity contribution in [2.75, 3.05) is 7.11 Å². The lowest BCUT2D eigenvalue weighted by Gasteiger charge is -2.05. The summed E-state index contributed by atoms with van der Waals surface area (Å²) in [4.78, 5) is 12.1. The minimum absolute atomic E-state index is 0.324. The maximum Gasteiger partial charge on any atom is 0.290 e. The second-order valence-corrected chi connectivity index (χ2v) is 5.19. The van der Waals surface area contributed by atoms with Crippen molar-refractivity contribution >= 4 is 27.5 Å². The van der Waals surface area contributed by atoms with Gasteiger partial charge in [0.2, 0.25) is 0 Å². The van der Waals surface area contributed by atoms with Crippen LogP contribution in [0.25, 0.3) is 0 Å². The van der Waals surface area contributed by atoms with E-state index in [0.717, 1.165) is 11.3 Å². The first kappa shape index (κ1) is 15.2. The van der Waals surface area contributed by atoms with Crippen molar-refractivity contribution in [1.29, 1.82) is 0 Å². The number of hydrazone groups is 1. The molecule has 2 aromatic rings. The van der Waals surface area contributed by atoms with E-state index >= 15 is 0 Å². The van der Waals surface area contributed by atoms with E-state index in [0.29, 0.717) is 15.9 Å². The minimum atomic E-state index is -0.324. The van der Waals surface area contributed by atoms with Gasteiger partial charge in [-0.15, -0.1) is 0 Å². The van der Waals surface area contributed by atoms with Gasteiger partial charge < -0.3 is 4.74 Å². The zero-order chi connectivity index (χ0) is 15.4. The van der Waals surface area contributed by atoms with Gasteiger partial charge in [-0.05, 0) is 52.7 Å². The molecule has 0 aliphatic heterocycles. The summed E-state index contributed by atoms with van der Waals surface area (Å²) in [5.74, 6) is 0.448. The van der Waals surface area contributed by atoms with Crippen molar-refractivity contribution in [1.82, 2.24) is 15.2 Å². The van der Waals surface area contributed by atoms with Gasteiger partial charge in [0.1, 0.15) is 11.4 Å². The quantitative estimate of drug-likeness (QED) is 0.679. The van der Waals surface area contributed by atoms with Crippen LogP contribution in [0.1, 0.15) is 23.0 Å². The summed E-state index contributed by atoms with van der Waals surface area (Å²) < 4.78 is 7.21. The van der Waals surface area contributed by atoms with Crippen molar-refractivity contribution in [2.45, 2.75) is 6.92 Å². The molecule has 21 heavy (non-hydrogen) atoms. The van der Waals surface area contributed by atoms with Gasteiger partial charge in [0.25, 0.3) is 5.91 Å². The summed E-state index contributed by atoms with van der Waals surface area (Å²) in [6.07, 6.45) is 1.56. The fraction of sp³-hybridized carbons (Fsp3) is 0.214. The topological polar surface area (TPSA) is 68.5 Å². The Bertz CT molecular complexity index is 657. The molecular formula is C14H15BrN4O2. The number of nitrogens with zero attached hydrogens (tertiary/aromatic N) is 3. The maximum atomic E-state index is 12.1. The Hall–Kier alpha value is -2.15. The van der Waals surface area contributed by atoms with Crippen LogP contribution < -0.4 is 10.2 Å². The lowest BCUT2D eigenvalue weighted by Crippen LogP contribution is -2.22. The molecule has 0 aliphatic carbocycles. The van der Waals surface area contributed by atoms with E-state index in [4.69, 9.17) is 4.74 Å². The van der Waals surface area contributed by atoms with Crippen LogP contribution in [0, 0.1) is 0 Å². The summed E-state index contributed by atoms with van der Waals surface area (Å²) in [6.45, 7) is 1.82. The van der Waals surface area contributed by atoms with E-state index in [1.165, 1.54) is 4.68 Å². The molecule has 0 spiro atoms. The van der Waals surface area contributed by atoms with Gasteiger partial charge >= 0.3 is 0 Å². The predicted molar refractivity (Wildman–Crippen MR) is 83.6 cm³/mol. The molecule has 1 aromatic heterocycles. The highest BCUT2D eigenvalue weighted by Gasteiger charge is 2.14. The number of nitrogens with one attached hydrogen (secondary N) is 1. The summed E-state index contributed by atoms with van der Waals surface area (Å²) >= 11 is 3.28. The standard InChI is InChI=1S/C14H15BrN4O2/c1-9(10-4-6-11(21-3)7-5-10)17-18-14(20)13-12(15)8-16-19(13)2/h4-8H,1-3H3,(H,18,20). The third-order valence-electron chi connectivity index (χ3n) is 2.94. The summed E-state index contributed by atoms with van der Waals surface area (Å²) in [6, 6.07) is 7.44. The fourth-order valence-corrected chi connectivity index (χ4v) is 2.28. The van der Waals surface area contributed by atoms with Crippen molar-refractivity contribution in [2.24, 2.45) is 12.1 Å². The van der Waals surface area contributed by atoms with Gasteiger partial charge in [0, 0.05) is 7.05 Å². The Kier molecular flexibility index (Phi) is 4.74. The molecule has 0 fully saturated rings. The minimum Gasteiger partial charge on any atom is -0.497 e. The number of rotatable bonds is 4. The van der Waals surface area contributed by atoms with Crippen molar-refractivity contribution in [3.63, 3.8) is 0 Å². The third kappa shape index (κ3) is 3.49. The molecule has 1 N–H and O–H groups in total. The molecule has 1 amide bonds. The summed E-state index contributed by atoms with van der Waals surface area (Å²) in [7, 11) is 3.31. The Morgan fingerprint density at radius 3 is 2.57 bits per heavy atom. The van der Waals surface area contributed by atoms with Crippen molar-refractivity contribution in [3.8, 4) is 5.75 Å². The number of carbonyl (C=O) groups excluding carboxylic acids is 1. The van der Waals surface area contributed by atoms with Crippen LogP contribution in [0.15, 0.2) is 40.0 Å². The number of hydrogen-bond acceptors (Lipinski definition) is 4. The predicted octanol–water partition coefficient (Wildman–Crippen LogP) is 2.35. The van der Waals surface area contributed by atoms with Gasteiger partial charge in [-0.3, -0.25) is 9.48 Å². The van der Waals surface area contributed by atoms with E-state index in [-0.39, 0.29) is 5.91 Å². The Labute approximate surface area is 130 Å². The van der Waals surface area contributed by atoms with Gasteiger partial charge in [0.05, 0.1) is 23.5 Å².